The van der Waals surface area contributed by atoms with Crippen molar-refractivity contribution >= 4 is 50.8 Å². The molecule has 128 valence electrons. The molecule has 1 aromatic carbocycles. The fourth-order valence-electron chi connectivity index (χ4n) is 2.23. The average molecular weight is 376 g/mol. The van der Waals surface area contributed by atoms with Gasteiger partial charge in [-0.15, -0.1) is 11.3 Å². The van der Waals surface area contributed by atoms with Crippen LogP contribution in [0.15, 0.2) is 29.6 Å². The molecule has 0 radical (unpaired) electrons. The smallest absolute Gasteiger partial charge is 0.340 e. The van der Waals surface area contributed by atoms with Gasteiger partial charge < -0.3 is 4.74 Å². The molecule has 0 fully saturated rings. The Balaban J connectivity index is 1.69. The number of carbonyl (C=O) groups excluding carboxylic acids is 2. The summed E-state index contributed by atoms with van der Waals surface area (Å²) in [5, 5.41) is 6.15. The van der Waals surface area contributed by atoms with E-state index in [2.05, 4.69) is 15.3 Å². The molecule has 1 amide bonds. The Morgan fingerprint density at radius 2 is 2.04 bits per heavy atom. The van der Waals surface area contributed by atoms with Crippen molar-refractivity contribution < 1.29 is 14.3 Å². The number of rotatable bonds is 4. The number of esters is 1. The number of aryl methyl sites for hydroxylation is 2. The fraction of sp³-hybridized carbons (Fsp3) is 0.176. The lowest BCUT2D eigenvalue weighted by Crippen LogP contribution is -2.21. The second kappa shape index (κ2) is 7.16. The van der Waals surface area contributed by atoms with E-state index in [9.17, 15) is 9.59 Å². The molecule has 0 unspecified atom stereocenters. The van der Waals surface area contributed by atoms with Crippen molar-refractivity contribution in [1.29, 1.82) is 0 Å². The van der Waals surface area contributed by atoms with Gasteiger partial charge in [-0.1, -0.05) is 11.6 Å². The SMILES string of the molecule is Cc1csc(NC(=O)COC(=O)c2cc3cc(Cl)ccc3nc2C)n1. The predicted octanol–water partition coefficient (Wildman–Crippen LogP) is 3.76. The molecule has 6 nitrogen and oxygen atoms in total. The lowest BCUT2D eigenvalue weighted by atomic mass is 10.1. The maximum absolute atomic E-state index is 12.3. The van der Waals surface area contributed by atoms with E-state index >= 15 is 0 Å². The normalized spacial score (nSPS) is 10.7. The van der Waals surface area contributed by atoms with Crippen LogP contribution in [-0.4, -0.2) is 28.5 Å². The number of hydrogen-bond acceptors (Lipinski definition) is 6. The molecule has 2 heterocycles. The number of aromatic nitrogens is 2. The van der Waals surface area contributed by atoms with E-state index in [0.29, 0.717) is 21.4 Å². The van der Waals surface area contributed by atoms with Crippen LogP contribution >= 0.6 is 22.9 Å². The van der Waals surface area contributed by atoms with Crippen LogP contribution in [-0.2, 0) is 9.53 Å². The van der Waals surface area contributed by atoms with Crippen LogP contribution in [0.25, 0.3) is 10.9 Å². The number of nitrogens with one attached hydrogen (secondary N) is 1. The number of halogens is 1. The van der Waals surface area contributed by atoms with Crippen molar-refractivity contribution in [2.24, 2.45) is 0 Å². The Morgan fingerprint density at radius 3 is 2.76 bits per heavy atom. The Bertz CT molecular complexity index is 971. The van der Waals surface area contributed by atoms with Crippen molar-refractivity contribution in [3.63, 3.8) is 0 Å². The monoisotopic (exact) mass is 375 g/mol. The summed E-state index contributed by atoms with van der Waals surface area (Å²) in [5.41, 5.74) is 2.37. The molecule has 3 aromatic rings. The molecular formula is C17H14ClN3O3S. The number of carbonyl (C=O) groups is 2. The molecule has 3 rings (SSSR count). The number of amides is 1. The first-order chi connectivity index (χ1) is 11.9. The average Bonchev–Trinajstić information content (AvgIpc) is 2.97. The van der Waals surface area contributed by atoms with Crippen LogP contribution in [0.2, 0.25) is 5.02 Å². The number of fused-ring (bicyclic) bond motifs is 1. The number of pyridine rings is 1. The Labute approximate surface area is 152 Å². The Hall–Kier alpha value is -2.51. The summed E-state index contributed by atoms with van der Waals surface area (Å²) >= 11 is 7.28. The third-order valence-corrected chi connectivity index (χ3v) is 4.50. The predicted molar refractivity (Wildman–Crippen MR) is 97.3 cm³/mol. The minimum atomic E-state index is -0.614. The molecule has 25 heavy (non-hydrogen) atoms. The minimum absolute atomic E-state index is 0.299. The summed E-state index contributed by atoms with van der Waals surface area (Å²) in [6, 6.07) is 6.90. The molecule has 0 aliphatic heterocycles. The highest BCUT2D eigenvalue weighted by atomic mass is 35.5. The molecule has 0 spiro atoms. The number of thiazole rings is 1. The molecule has 0 saturated heterocycles. The van der Waals surface area contributed by atoms with Crippen LogP contribution in [0.3, 0.4) is 0 Å². The summed E-state index contributed by atoms with van der Waals surface area (Å²) in [6.07, 6.45) is 0. The highest BCUT2D eigenvalue weighted by Crippen LogP contribution is 2.21. The highest BCUT2D eigenvalue weighted by molar-refractivity contribution is 7.13. The van der Waals surface area contributed by atoms with Crippen molar-refractivity contribution in [3.05, 3.63) is 51.6 Å². The largest absolute Gasteiger partial charge is 0.452 e. The van der Waals surface area contributed by atoms with Gasteiger partial charge in [0.25, 0.3) is 5.91 Å². The van der Waals surface area contributed by atoms with Gasteiger partial charge in [0.1, 0.15) is 0 Å². The number of hydrogen-bond donors (Lipinski definition) is 1. The first kappa shape index (κ1) is 17.3. The Kier molecular flexibility index (Phi) is 4.96. The van der Waals surface area contributed by atoms with Crippen LogP contribution in [0.5, 0.6) is 0 Å². The van der Waals surface area contributed by atoms with Gasteiger partial charge in [-0.25, -0.2) is 9.78 Å². The van der Waals surface area contributed by atoms with Crippen molar-refractivity contribution in [2.75, 3.05) is 11.9 Å². The summed E-state index contributed by atoms with van der Waals surface area (Å²) in [7, 11) is 0. The maximum atomic E-state index is 12.3. The van der Waals surface area contributed by atoms with Gasteiger partial charge in [0.15, 0.2) is 11.7 Å². The molecule has 8 heteroatoms. The molecule has 0 aliphatic carbocycles. The number of benzene rings is 1. The van der Waals surface area contributed by atoms with E-state index in [0.717, 1.165) is 16.6 Å². The van der Waals surface area contributed by atoms with Crippen LogP contribution in [0.4, 0.5) is 5.13 Å². The van der Waals surface area contributed by atoms with Gasteiger partial charge in [0.2, 0.25) is 0 Å². The van der Waals surface area contributed by atoms with Gasteiger partial charge in [-0.05, 0) is 38.1 Å². The number of nitrogens with zero attached hydrogens (tertiary/aromatic N) is 2. The van der Waals surface area contributed by atoms with Gasteiger partial charge in [0.05, 0.1) is 22.5 Å². The first-order valence-electron chi connectivity index (χ1n) is 7.38. The van der Waals surface area contributed by atoms with Crippen LogP contribution in [0.1, 0.15) is 21.7 Å². The quantitative estimate of drug-likeness (QED) is 0.702. The maximum Gasteiger partial charge on any atom is 0.340 e. The zero-order valence-corrected chi connectivity index (χ0v) is 15.1. The Morgan fingerprint density at radius 1 is 1.24 bits per heavy atom. The second-order valence-corrected chi connectivity index (χ2v) is 6.67. The third kappa shape index (κ3) is 4.12. The molecule has 0 atom stereocenters. The lowest BCUT2D eigenvalue weighted by Gasteiger charge is -2.08. The summed E-state index contributed by atoms with van der Waals surface area (Å²) in [5.74, 6) is -1.06. The van der Waals surface area contributed by atoms with Gasteiger partial charge in [0, 0.05) is 15.8 Å². The highest BCUT2D eigenvalue weighted by Gasteiger charge is 2.15. The van der Waals surface area contributed by atoms with E-state index in [1.807, 2.05) is 12.3 Å². The van der Waals surface area contributed by atoms with E-state index < -0.39 is 18.5 Å². The topological polar surface area (TPSA) is 81.2 Å². The fourth-order valence-corrected chi connectivity index (χ4v) is 3.11. The van der Waals surface area contributed by atoms with Gasteiger partial charge >= 0.3 is 5.97 Å². The van der Waals surface area contributed by atoms with Crippen molar-refractivity contribution in [2.45, 2.75) is 13.8 Å². The molecular weight excluding hydrogens is 362 g/mol. The summed E-state index contributed by atoms with van der Waals surface area (Å²) in [6.45, 7) is 3.14. The summed E-state index contributed by atoms with van der Waals surface area (Å²) < 4.78 is 5.08. The van der Waals surface area contributed by atoms with Gasteiger partial charge in [-0.3, -0.25) is 15.1 Å². The molecule has 0 bridgehead atoms. The summed E-state index contributed by atoms with van der Waals surface area (Å²) in [4.78, 5) is 32.6. The lowest BCUT2D eigenvalue weighted by molar-refractivity contribution is -0.119. The third-order valence-electron chi connectivity index (χ3n) is 3.39. The number of anilines is 1. The van der Waals surface area contributed by atoms with Crippen LogP contribution in [0, 0.1) is 13.8 Å². The van der Waals surface area contributed by atoms with E-state index in [4.69, 9.17) is 16.3 Å². The first-order valence-corrected chi connectivity index (χ1v) is 8.64. The zero-order chi connectivity index (χ0) is 18.0. The van der Waals surface area contributed by atoms with Crippen molar-refractivity contribution in [1.82, 2.24) is 9.97 Å². The number of ether oxygens (including phenoxy) is 1. The minimum Gasteiger partial charge on any atom is -0.452 e. The molecule has 1 N–H and O–H groups in total. The van der Waals surface area contributed by atoms with Crippen molar-refractivity contribution in [3.8, 4) is 0 Å². The second-order valence-electron chi connectivity index (χ2n) is 5.38. The van der Waals surface area contributed by atoms with E-state index in [1.165, 1.54) is 11.3 Å². The zero-order valence-electron chi connectivity index (χ0n) is 13.5. The van der Waals surface area contributed by atoms with Crippen LogP contribution < -0.4 is 5.32 Å². The molecule has 0 saturated carbocycles. The molecule has 0 aliphatic rings. The standard InChI is InChI=1S/C17H14ClN3O3S/c1-9-8-25-17(19-9)21-15(22)7-24-16(23)13-6-11-5-12(18)3-4-14(11)20-10(13)2/h3-6,8H,7H2,1-2H3,(H,19,21,22). The van der Waals surface area contributed by atoms with E-state index in [-0.39, 0.29) is 0 Å². The van der Waals surface area contributed by atoms with Gasteiger partial charge in [-0.2, -0.15) is 0 Å². The molecule has 2 aromatic heterocycles. The van der Waals surface area contributed by atoms with E-state index in [1.54, 1.807) is 31.2 Å².